The minimum atomic E-state index is -2.87. The van der Waals surface area contributed by atoms with Gasteiger partial charge in [0.15, 0.2) is 6.29 Å². The van der Waals surface area contributed by atoms with Gasteiger partial charge in [-0.1, -0.05) is 12.1 Å². The van der Waals surface area contributed by atoms with E-state index in [9.17, 15) is 22.0 Å². The molecule has 0 amide bonds. The highest BCUT2D eigenvalue weighted by Crippen LogP contribution is 2.33. The smallest absolute Gasteiger partial charge is 0.263 e. The lowest BCUT2D eigenvalue weighted by Crippen LogP contribution is -2.43. The van der Waals surface area contributed by atoms with Gasteiger partial charge in [0, 0.05) is 17.7 Å². The molecule has 1 fully saturated rings. The first-order chi connectivity index (χ1) is 13.3. The second kappa shape index (κ2) is 10.3. The van der Waals surface area contributed by atoms with Crippen LogP contribution in [0.3, 0.4) is 0 Å². The number of nitrogens with one attached hydrogen (secondary N) is 1. The Labute approximate surface area is 171 Å². The quantitative estimate of drug-likeness (QED) is 0.572. The number of alkyl halides is 4. The predicted octanol–water partition coefficient (Wildman–Crippen LogP) is 5.89. The third-order valence-corrected chi connectivity index (χ3v) is 4.56. The molecule has 1 heterocycles. The van der Waals surface area contributed by atoms with Crippen LogP contribution in [0.25, 0.3) is 0 Å². The highest BCUT2D eigenvalue weighted by molar-refractivity contribution is 5.85. The van der Waals surface area contributed by atoms with Crippen LogP contribution in [-0.4, -0.2) is 19.4 Å². The Morgan fingerprint density at radius 2 is 1.52 bits per heavy atom. The maximum atomic E-state index is 13.2. The van der Waals surface area contributed by atoms with Gasteiger partial charge in [-0.3, -0.25) is 0 Å². The second-order valence-corrected chi connectivity index (χ2v) is 6.54. The Bertz CT molecular complexity index is 765. The SMILES string of the molecule is C[C@@H](O[C@H]1OCCN[C@H]1c1ccc(F)cc1)c1cc(C(F)F)cc(C(F)F)c1.Cl. The van der Waals surface area contributed by atoms with E-state index in [1.807, 2.05) is 0 Å². The molecule has 160 valence electrons. The van der Waals surface area contributed by atoms with Crippen LogP contribution >= 0.6 is 12.4 Å². The molecule has 0 aromatic heterocycles. The molecule has 2 aromatic carbocycles. The van der Waals surface area contributed by atoms with E-state index in [2.05, 4.69) is 5.32 Å². The number of benzene rings is 2. The minimum Gasteiger partial charge on any atom is -0.349 e. The molecule has 0 aliphatic carbocycles. The third kappa shape index (κ3) is 5.88. The normalized spacial score (nSPS) is 20.6. The van der Waals surface area contributed by atoms with Crippen LogP contribution in [0, 0.1) is 5.82 Å². The maximum Gasteiger partial charge on any atom is 0.263 e. The number of ether oxygens (including phenoxy) is 2. The summed E-state index contributed by atoms with van der Waals surface area (Å²) in [5.74, 6) is -0.380. The Kier molecular flexibility index (Phi) is 8.39. The van der Waals surface area contributed by atoms with Crippen molar-refractivity contribution in [3.63, 3.8) is 0 Å². The van der Waals surface area contributed by atoms with Gasteiger partial charge in [-0.2, -0.15) is 0 Å². The van der Waals surface area contributed by atoms with Crippen LogP contribution in [0.2, 0.25) is 0 Å². The number of morpholine rings is 1. The molecule has 1 aliphatic heterocycles. The first kappa shape index (κ1) is 23.5. The van der Waals surface area contributed by atoms with Crippen LogP contribution in [0.15, 0.2) is 42.5 Å². The van der Waals surface area contributed by atoms with Gasteiger partial charge >= 0.3 is 0 Å². The summed E-state index contributed by atoms with van der Waals surface area (Å²) < 4.78 is 77.0. The summed E-state index contributed by atoms with van der Waals surface area (Å²) in [5.41, 5.74) is -0.0323. The standard InChI is InChI=1S/C20H20F5NO2.ClH/c1-11(13-8-14(18(22)23)10-15(9-13)19(24)25)28-20-17(26-6-7-27-20)12-2-4-16(21)5-3-12;/h2-5,8-11,17-20,26H,6-7H2,1H3;1H/t11-,17+,20-;/m1./s1. The number of hydrogen-bond donors (Lipinski definition) is 1. The average molecular weight is 438 g/mol. The largest absolute Gasteiger partial charge is 0.349 e. The zero-order valence-corrected chi connectivity index (χ0v) is 16.3. The van der Waals surface area contributed by atoms with E-state index in [0.29, 0.717) is 13.2 Å². The molecule has 1 aliphatic rings. The van der Waals surface area contributed by atoms with Crippen molar-refractivity contribution in [1.82, 2.24) is 5.32 Å². The molecule has 0 unspecified atom stereocenters. The van der Waals surface area contributed by atoms with Crippen LogP contribution in [0.5, 0.6) is 0 Å². The van der Waals surface area contributed by atoms with Crippen molar-refractivity contribution in [2.45, 2.75) is 38.2 Å². The predicted molar refractivity (Wildman–Crippen MR) is 100.0 cm³/mol. The van der Waals surface area contributed by atoms with Gasteiger partial charge in [0.1, 0.15) is 5.82 Å². The number of hydrogen-bond acceptors (Lipinski definition) is 3. The Hall–Kier alpha value is -1.74. The third-order valence-electron chi connectivity index (χ3n) is 4.56. The summed E-state index contributed by atoms with van der Waals surface area (Å²) >= 11 is 0. The van der Waals surface area contributed by atoms with Gasteiger partial charge in [0.25, 0.3) is 12.9 Å². The molecular weight excluding hydrogens is 417 g/mol. The molecule has 3 atom stereocenters. The van der Waals surface area contributed by atoms with Crippen molar-refractivity contribution in [3.8, 4) is 0 Å². The van der Waals surface area contributed by atoms with Gasteiger partial charge in [-0.15, -0.1) is 12.4 Å². The van der Waals surface area contributed by atoms with Gasteiger partial charge in [0.2, 0.25) is 0 Å². The van der Waals surface area contributed by atoms with Crippen molar-refractivity contribution >= 4 is 12.4 Å². The Morgan fingerprint density at radius 3 is 2.07 bits per heavy atom. The van der Waals surface area contributed by atoms with E-state index in [4.69, 9.17) is 9.47 Å². The summed E-state index contributed by atoms with van der Waals surface area (Å²) in [5, 5.41) is 3.21. The monoisotopic (exact) mass is 437 g/mol. The second-order valence-electron chi connectivity index (χ2n) is 6.54. The van der Waals surface area contributed by atoms with Gasteiger partial charge in [-0.05, 0) is 48.4 Å². The lowest BCUT2D eigenvalue weighted by atomic mass is 10.0. The molecule has 29 heavy (non-hydrogen) atoms. The summed E-state index contributed by atoms with van der Waals surface area (Å²) in [6, 6.07) is 8.51. The molecule has 0 spiro atoms. The van der Waals surface area contributed by atoms with Crippen molar-refractivity contribution in [1.29, 1.82) is 0 Å². The number of rotatable bonds is 6. The lowest BCUT2D eigenvalue weighted by Gasteiger charge is -2.34. The molecule has 1 N–H and O–H groups in total. The molecule has 0 saturated carbocycles. The lowest BCUT2D eigenvalue weighted by molar-refractivity contribution is -0.200. The van der Waals surface area contributed by atoms with E-state index in [1.54, 1.807) is 19.1 Å². The van der Waals surface area contributed by atoms with Gasteiger partial charge in [-0.25, -0.2) is 22.0 Å². The molecule has 2 aromatic rings. The van der Waals surface area contributed by atoms with E-state index in [1.165, 1.54) is 12.1 Å². The first-order valence-electron chi connectivity index (χ1n) is 8.82. The van der Waals surface area contributed by atoms with Crippen molar-refractivity contribution in [2.75, 3.05) is 13.2 Å². The fourth-order valence-electron chi connectivity index (χ4n) is 3.11. The highest BCUT2D eigenvalue weighted by Gasteiger charge is 2.30. The van der Waals surface area contributed by atoms with Crippen molar-refractivity contribution < 1.29 is 31.4 Å². The maximum absolute atomic E-state index is 13.2. The van der Waals surface area contributed by atoms with Crippen LogP contribution < -0.4 is 5.32 Å². The Morgan fingerprint density at radius 1 is 0.966 bits per heavy atom. The fraction of sp³-hybridized carbons (Fsp3) is 0.400. The van der Waals surface area contributed by atoms with E-state index in [-0.39, 0.29) is 23.8 Å². The van der Waals surface area contributed by atoms with E-state index < -0.39 is 42.4 Å². The van der Waals surface area contributed by atoms with Gasteiger partial charge < -0.3 is 14.8 Å². The summed E-state index contributed by atoms with van der Waals surface area (Å²) in [6.07, 6.45) is -7.31. The summed E-state index contributed by atoms with van der Waals surface area (Å²) in [4.78, 5) is 0. The average Bonchev–Trinajstić information content (AvgIpc) is 2.68. The molecule has 3 rings (SSSR count). The molecule has 0 bridgehead atoms. The zero-order chi connectivity index (χ0) is 20.3. The van der Waals surface area contributed by atoms with E-state index in [0.717, 1.165) is 23.8 Å². The van der Waals surface area contributed by atoms with Crippen molar-refractivity contribution in [2.24, 2.45) is 0 Å². The summed E-state index contributed by atoms with van der Waals surface area (Å²) in [6.45, 7) is 2.49. The van der Waals surface area contributed by atoms with E-state index >= 15 is 0 Å². The van der Waals surface area contributed by atoms with Crippen LogP contribution in [-0.2, 0) is 9.47 Å². The highest BCUT2D eigenvalue weighted by atomic mass is 35.5. The number of halogens is 6. The fourth-order valence-corrected chi connectivity index (χ4v) is 3.11. The molecule has 0 radical (unpaired) electrons. The zero-order valence-electron chi connectivity index (χ0n) is 15.5. The Balaban J connectivity index is 0.00000300. The minimum absolute atomic E-state index is 0. The molecular formula is C20H21ClF5NO2. The van der Waals surface area contributed by atoms with Crippen LogP contribution in [0.4, 0.5) is 22.0 Å². The molecule has 1 saturated heterocycles. The summed E-state index contributed by atoms with van der Waals surface area (Å²) in [7, 11) is 0. The topological polar surface area (TPSA) is 30.5 Å². The first-order valence-corrected chi connectivity index (χ1v) is 8.82. The van der Waals surface area contributed by atoms with Crippen LogP contribution in [0.1, 0.15) is 54.2 Å². The van der Waals surface area contributed by atoms with Crippen molar-refractivity contribution in [3.05, 3.63) is 70.5 Å². The van der Waals surface area contributed by atoms with Gasteiger partial charge in [0.05, 0.1) is 18.8 Å². The molecule has 3 nitrogen and oxygen atoms in total. The molecule has 9 heteroatoms.